The number of aryl methyl sites for hydroxylation is 3. The fourth-order valence-corrected chi connectivity index (χ4v) is 3.28. The van der Waals surface area contributed by atoms with Gasteiger partial charge in [-0.05, 0) is 68.8 Å². The van der Waals surface area contributed by atoms with Gasteiger partial charge >= 0.3 is 0 Å². The SMILES string of the molecule is Cc1ccc(F)c(NC(=O)c2cc(C)nc3c2c(C)nn3-c2ccc(F)cc2)c1. The molecule has 4 rings (SSSR count). The molecule has 2 aromatic heterocycles. The highest BCUT2D eigenvalue weighted by atomic mass is 19.1. The Labute approximate surface area is 166 Å². The van der Waals surface area contributed by atoms with Crippen molar-refractivity contribution in [3.05, 3.63) is 82.7 Å². The summed E-state index contributed by atoms with van der Waals surface area (Å²) in [5.41, 5.74) is 3.59. The highest BCUT2D eigenvalue weighted by Gasteiger charge is 2.20. The topological polar surface area (TPSA) is 59.8 Å². The predicted molar refractivity (Wildman–Crippen MR) is 107 cm³/mol. The molecule has 0 radical (unpaired) electrons. The number of nitrogens with one attached hydrogen (secondary N) is 1. The van der Waals surface area contributed by atoms with Gasteiger partial charge in [0.1, 0.15) is 11.6 Å². The van der Waals surface area contributed by atoms with Gasteiger partial charge in [-0.3, -0.25) is 4.79 Å². The van der Waals surface area contributed by atoms with E-state index in [1.165, 1.54) is 18.2 Å². The van der Waals surface area contributed by atoms with Crippen molar-refractivity contribution in [1.82, 2.24) is 14.8 Å². The number of fused-ring (bicyclic) bond motifs is 1. The van der Waals surface area contributed by atoms with E-state index in [0.717, 1.165) is 5.56 Å². The molecule has 0 spiro atoms. The van der Waals surface area contributed by atoms with Crippen LogP contribution in [0.5, 0.6) is 0 Å². The Morgan fingerprint density at radius 1 is 1.00 bits per heavy atom. The van der Waals surface area contributed by atoms with Gasteiger partial charge < -0.3 is 5.32 Å². The van der Waals surface area contributed by atoms with E-state index in [9.17, 15) is 13.6 Å². The van der Waals surface area contributed by atoms with E-state index in [1.807, 2.05) is 6.92 Å². The van der Waals surface area contributed by atoms with Crippen LogP contribution < -0.4 is 5.32 Å². The minimum atomic E-state index is -0.510. The van der Waals surface area contributed by atoms with Crippen LogP contribution >= 0.6 is 0 Å². The van der Waals surface area contributed by atoms with Crippen LogP contribution in [-0.4, -0.2) is 20.7 Å². The number of hydrogen-bond donors (Lipinski definition) is 1. The molecule has 0 aliphatic heterocycles. The predicted octanol–water partition coefficient (Wildman–Crippen LogP) is 4.88. The Bertz CT molecular complexity index is 1250. The molecular weight excluding hydrogens is 374 g/mol. The zero-order valence-corrected chi connectivity index (χ0v) is 16.1. The van der Waals surface area contributed by atoms with Crippen LogP contribution in [0.25, 0.3) is 16.7 Å². The minimum Gasteiger partial charge on any atom is -0.319 e. The van der Waals surface area contributed by atoms with Crippen molar-refractivity contribution in [2.45, 2.75) is 20.8 Å². The lowest BCUT2D eigenvalue weighted by atomic mass is 10.1. The maximum Gasteiger partial charge on any atom is 0.256 e. The van der Waals surface area contributed by atoms with Crippen LogP contribution in [0.15, 0.2) is 48.5 Å². The summed E-state index contributed by atoms with van der Waals surface area (Å²) in [7, 11) is 0. The highest BCUT2D eigenvalue weighted by Crippen LogP contribution is 2.26. The number of carbonyl (C=O) groups is 1. The zero-order valence-electron chi connectivity index (χ0n) is 16.1. The molecule has 0 aliphatic carbocycles. The lowest BCUT2D eigenvalue weighted by molar-refractivity contribution is 0.102. The Kier molecular flexibility index (Phi) is 4.58. The first kappa shape index (κ1) is 18.7. The van der Waals surface area contributed by atoms with Crippen LogP contribution in [0.2, 0.25) is 0 Å². The van der Waals surface area contributed by atoms with Crippen molar-refractivity contribution in [2.24, 2.45) is 0 Å². The fraction of sp³-hybridized carbons (Fsp3) is 0.136. The van der Waals surface area contributed by atoms with E-state index in [4.69, 9.17) is 0 Å². The van der Waals surface area contributed by atoms with E-state index in [2.05, 4.69) is 15.4 Å². The molecule has 0 saturated heterocycles. The van der Waals surface area contributed by atoms with Crippen LogP contribution in [0.4, 0.5) is 14.5 Å². The number of anilines is 1. The van der Waals surface area contributed by atoms with Gasteiger partial charge in [-0.15, -0.1) is 0 Å². The van der Waals surface area contributed by atoms with Gasteiger partial charge in [0.15, 0.2) is 5.65 Å². The summed E-state index contributed by atoms with van der Waals surface area (Å²) >= 11 is 0. The molecule has 7 heteroatoms. The lowest BCUT2D eigenvalue weighted by Crippen LogP contribution is -2.14. The lowest BCUT2D eigenvalue weighted by Gasteiger charge is -2.10. The molecule has 5 nitrogen and oxygen atoms in total. The summed E-state index contributed by atoms with van der Waals surface area (Å²) in [4.78, 5) is 17.5. The van der Waals surface area contributed by atoms with Gasteiger partial charge in [0.2, 0.25) is 0 Å². The van der Waals surface area contributed by atoms with E-state index >= 15 is 0 Å². The van der Waals surface area contributed by atoms with Crippen LogP contribution in [0.3, 0.4) is 0 Å². The monoisotopic (exact) mass is 392 g/mol. The Hall–Kier alpha value is -3.61. The quantitative estimate of drug-likeness (QED) is 0.541. The summed E-state index contributed by atoms with van der Waals surface area (Å²) in [6, 6.07) is 12.0. The third-order valence-electron chi connectivity index (χ3n) is 4.63. The molecule has 29 heavy (non-hydrogen) atoms. The average Bonchev–Trinajstić information content (AvgIpc) is 3.01. The summed E-state index contributed by atoms with van der Waals surface area (Å²) in [5.74, 6) is -1.32. The van der Waals surface area contributed by atoms with Crippen LogP contribution in [0, 0.1) is 32.4 Å². The van der Waals surface area contributed by atoms with Crippen molar-refractivity contribution >= 4 is 22.6 Å². The molecule has 0 unspecified atom stereocenters. The molecule has 0 saturated carbocycles. The minimum absolute atomic E-state index is 0.112. The molecule has 1 N–H and O–H groups in total. The molecule has 146 valence electrons. The largest absolute Gasteiger partial charge is 0.319 e. The number of aromatic nitrogens is 3. The summed E-state index contributed by atoms with van der Waals surface area (Å²) in [6.07, 6.45) is 0. The normalized spacial score (nSPS) is 11.1. The smallest absolute Gasteiger partial charge is 0.256 e. The molecule has 4 aromatic rings. The Morgan fingerprint density at radius 3 is 2.45 bits per heavy atom. The maximum atomic E-state index is 14.1. The van der Waals surface area contributed by atoms with Crippen molar-refractivity contribution in [2.75, 3.05) is 5.32 Å². The molecule has 0 atom stereocenters. The summed E-state index contributed by atoms with van der Waals surface area (Å²) in [5, 5.41) is 7.69. The number of carbonyl (C=O) groups excluding carboxylic acids is 1. The van der Waals surface area contributed by atoms with Crippen LogP contribution in [0.1, 0.15) is 27.3 Å². The number of amides is 1. The zero-order chi connectivity index (χ0) is 20.7. The number of halogens is 2. The standard InChI is InChI=1S/C22H18F2N4O/c1-12-4-9-18(24)19(10-12)26-22(29)17-11-13(2)25-21-20(17)14(3)27-28(21)16-7-5-15(23)6-8-16/h4-11H,1-3H3,(H,26,29). The second-order valence-corrected chi connectivity index (χ2v) is 6.92. The second kappa shape index (κ2) is 7.09. The highest BCUT2D eigenvalue weighted by molar-refractivity contribution is 6.12. The van der Waals surface area contributed by atoms with Gasteiger partial charge in [0, 0.05) is 5.69 Å². The first-order valence-corrected chi connectivity index (χ1v) is 9.04. The summed E-state index contributed by atoms with van der Waals surface area (Å²) in [6.45, 7) is 5.35. The molecule has 0 bridgehead atoms. The van der Waals surface area contributed by atoms with Crippen molar-refractivity contribution in [1.29, 1.82) is 0 Å². The molecule has 0 aliphatic rings. The molecule has 1 amide bonds. The van der Waals surface area contributed by atoms with Crippen molar-refractivity contribution < 1.29 is 13.6 Å². The van der Waals surface area contributed by atoms with Crippen LogP contribution in [-0.2, 0) is 0 Å². The van der Waals surface area contributed by atoms with Gasteiger partial charge in [0.05, 0.1) is 28.0 Å². The number of hydrogen-bond acceptors (Lipinski definition) is 3. The van der Waals surface area contributed by atoms with Crippen molar-refractivity contribution in [3.63, 3.8) is 0 Å². The number of nitrogens with zero attached hydrogens (tertiary/aromatic N) is 3. The Morgan fingerprint density at radius 2 is 1.72 bits per heavy atom. The first-order valence-electron chi connectivity index (χ1n) is 9.04. The summed E-state index contributed by atoms with van der Waals surface area (Å²) < 4.78 is 29.0. The fourth-order valence-electron chi connectivity index (χ4n) is 3.28. The van der Waals surface area contributed by atoms with E-state index in [0.29, 0.717) is 33.7 Å². The molecule has 2 aromatic carbocycles. The third-order valence-corrected chi connectivity index (χ3v) is 4.63. The Balaban J connectivity index is 1.84. The number of pyridine rings is 1. The molecule has 2 heterocycles. The van der Waals surface area contributed by atoms with Gasteiger partial charge in [0.25, 0.3) is 5.91 Å². The second-order valence-electron chi connectivity index (χ2n) is 6.92. The maximum absolute atomic E-state index is 14.1. The molecular formula is C22H18F2N4O. The average molecular weight is 392 g/mol. The molecule has 0 fully saturated rings. The number of benzene rings is 2. The number of rotatable bonds is 3. The van der Waals surface area contributed by atoms with Gasteiger partial charge in [-0.2, -0.15) is 5.10 Å². The van der Waals surface area contributed by atoms with Gasteiger partial charge in [-0.1, -0.05) is 6.07 Å². The van der Waals surface area contributed by atoms with E-state index in [-0.39, 0.29) is 11.5 Å². The van der Waals surface area contributed by atoms with E-state index in [1.54, 1.807) is 48.9 Å². The van der Waals surface area contributed by atoms with Gasteiger partial charge in [-0.25, -0.2) is 18.4 Å². The van der Waals surface area contributed by atoms with E-state index < -0.39 is 11.7 Å². The first-order chi connectivity index (χ1) is 13.8. The van der Waals surface area contributed by atoms with Crippen molar-refractivity contribution in [3.8, 4) is 5.69 Å². The third kappa shape index (κ3) is 3.47.